The third-order valence-corrected chi connectivity index (χ3v) is 3.94. The molecule has 0 aliphatic heterocycles. The number of alkyl halides is 1. The molecule has 0 saturated heterocycles. The Hall–Kier alpha value is 0.200. The van der Waals surface area contributed by atoms with E-state index in [0.29, 0.717) is 0 Å². The lowest BCUT2D eigenvalue weighted by atomic mass is 10.0. The molecule has 3 nitrogen and oxygen atoms in total. The number of hydrogen-bond acceptors (Lipinski definition) is 2. The van der Waals surface area contributed by atoms with Gasteiger partial charge in [-0.2, -0.15) is 0 Å². The summed E-state index contributed by atoms with van der Waals surface area (Å²) in [5.74, 6) is 0.0834. The van der Waals surface area contributed by atoms with Crippen molar-refractivity contribution in [3.8, 4) is 0 Å². The minimum atomic E-state index is -3.16. The van der Waals surface area contributed by atoms with Crippen LogP contribution in [0.4, 0.5) is 0 Å². The summed E-state index contributed by atoms with van der Waals surface area (Å²) in [5.41, 5.74) is -0.587. The molecule has 0 fully saturated rings. The van der Waals surface area contributed by atoms with Crippen molar-refractivity contribution >= 4 is 21.6 Å². The second-order valence-corrected chi connectivity index (χ2v) is 6.01. The van der Waals surface area contributed by atoms with E-state index in [4.69, 9.17) is 11.6 Å². The molecule has 0 saturated carbocycles. The molecule has 74 valence electrons. The van der Waals surface area contributed by atoms with Gasteiger partial charge in [0.05, 0.1) is 5.75 Å². The molecule has 0 bridgehead atoms. The van der Waals surface area contributed by atoms with E-state index in [9.17, 15) is 8.42 Å². The van der Waals surface area contributed by atoms with Crippen LogP contribution < -0.4 is 4.72 Å². The maximum absolute atomic E-state index is 11.1. The van der Waals surface area contributed by atoms with E-state index in [2.05, 4.69) is 4.72 Å². The minimum absolute atomic E-state index is 0.0834. The van der Waals surface area contributed by atoms with Gasteiger partial charge in [0.25, 0.3) is 0 Å². The molecule has 5 heteroatoms. The summed E-state index contributed by atoms with van der Waals surface area (Å²) in [4.78, 5) is 0. The molecule has 0 aromatic carbocycles. The lowest BCUT2D eigenvalue weighted by Crippen LogP contribution is -2.49. The van der Waals surface area contributed by atoms with Crippen LogP contribution in [-0.2, 0) is 10.0 Å². The van der Waals surface area contributed by atoms with Gasteiger partial charge in [-0.3, -0.25) is 0 Å². The SMILES string of the molecule is CCS(=O)(=O)NC(C)(C)C(C)Cl. The largest absolute Gasteiger partial charge is 0.212 e. The second-order valence-electron chi connectivity index (χ2n) is 3.34. The molecule has 1 unspecified atom stereocenters. The van der Waals surface area contributed by atoms with Gasteiger partial charge in [0.15, 0.2) is 0 Å². The highest BCUT2D eigenvalue weighted by Gasteiger charge is 2.28. The van der Waals surface area contributed by atoms with Crippen molar-refractivity contribution in [3.63, 3.8) is 0 Å². The average Bonchev–Trinajstić information content (AvgIpc) is 1.85. The zero-order chi connectivity index (χ0) is 9.99. The molecule has 0 aliphatic rings. The second kappa shape index (κ2) is 3.94. The molecule has 12 heavy (non-hydrogen) atoms. The van der Waals surface area contributed by atoms with E-state index in [1.807, 2.05) is 0 Å². The highest BCUT2D eigenvalue weighted by molar-refractivity contribution is 7.89. The summed E-state index contributed by atoms with van der Waals surface area (Å²) in [5, 5.41) is -0.237. The molecule has 0 heterocycles. The van der Waals surface area contributed by atoms with Crippen LogP contribution in [0, 0.1) is 0 Å². The molecule has 0 spiro atoms. The summed E-state index contributed by atoms with van der Waals surface area (Å²) in [6.07, 6.45) is 0. The zero-order valence-electron chi connectivity index (χ0n) is 7.89. The Morgan fingerprint density at radius 1 is 1.50 bits per heavy atom. The monoisotopic (exact) mass is 213 g/mol. The van der Waals surface area contributed by atoms with E-state index in [1.165, 1.54) is 0 Å². The van der Waals surface area contributed by atoms with Gasteiger partial charge in [-0.05, 0) is 27.7 Å². The van der Waals surface area contributed by atoms with Gasteiger partial charge in [0.1, 0.15) is 0 Å². The van der Waals surface area contributed by atoms with Gasteiger partial charge in [-0.1, -0.05) is 0 Å². The first-order valence-electron chi connectivity index (χ1n) is 3.87. The highest BCUT2D eigenvalue weighted by Crippen LogP contribution is 2.15. The number of sulfonamides is 1. The predicted octanol–water partition coefficient (Wildman–Crippen LogP) is 1.33. The molecule has 0 aromatic heterocycles. The van der Waals surface area contributed by atoms with E-state index in [1.54, 1.807) is 27.7 Å². The fraction of sp³-hybridized carbons (Fsp3) is 1.00. The van der Waals surface area contributed by atoms with Crippen LogP contribution in [0.15, 0.2) is 0 Å². The quantitative estimate of drug-likeness (QED) is 0.717. The van der Waals surface area contributed by atoms with Crippen molar-refractivity contribution in [1.82, 2.24) is 4.72 Å². The molecule has 0 radical (unpaired) electrons. The number of nitrogens with one attached hydrogen (secondary N) is 1. The summed E-state index contributed by atoms with van der Waals surface area (Å²) >= 11 is 5.81. The molecule has 1 N–H and O–H groups in total. The van der Waals surface area contributed by atoms with E-state index in [-0.39, 0.29) is 11.1 Å². The maximum Gasteiger partial charge on any atom is 0.211 e. The van der Waals surface area contributed by atoms with Crippen molar-refractivity contribution in [3.05, 3.63) is 0 Å². The fourth-order valence-electron chi connectivity index (χ4n) is 0.554. The molecule has 0 aliphatic carbocycles. The van der Waals surface area contributed by atoms with Crippen molar-refractivity contribution < 1.29 is 8.42 Å². The Bertz CT molecular complexity index is 234. The Balaban J connectivity index is 4.46. The van der Waals surface area contributed by atoms with Gasteiger partial charge < -0.3 is 0 Å². The Morgan fingerprint density at radius 2 is 1.92 bits per heavy atom. The van der Waals surface area contributed by atoms with Gasteiger partial charge >= 0.3 is 0 Å². The third kappa shape index (κ3) is 3.74. The Labute approximate surface area is 79.5 Å². The van der Waals surface area contributed by atoms with Crippen LogP contribution in [0.3, 0.4) is 0 Å². The van der Waals surface area contributed by atoms with E-state index < -0.39 is 15.6 Å². The molecule has 1 atom stereocenters. The van der Waals surface area contributed by atoms with Crippen molar-refractivity contribution in [1.29, 1.82) is 0 Å². The fourth-order valence-corrected chi connectivity index (χ4v) is 1.80. The minimum Gasteiger partial charge on any atom is -0.212 e. The first kappa shape index (κ1) is 12.2. The summed E-state index contributed by atoms with van der Waals surface area (Å²) in [6.45, 7) is 6.88. The highest BCUT2D eigenvalue weighted by atomic mass is 35.5. The normalized spacial score (nSPS) is 16.1. The van der Waals surface area contributed by atoms with Crippen LogP contribution in [0.25, 0.3) is 0 Å². The maximum atomic E-state index is 11.1. The lowest BCUT2D eigenvalue weighted by molar-refractivity contribution is 0.446. The van der Waals surface area contributed by atoms with Crippen LogP contribution in [-0.4, -0.2) is 25.1 Å². The van der Waals surface area contributed by atoms with Gasteiger partial charge in [-0.25, -0.2) is 13.1 Å². The predicted molar refractivity (Wildman–Crippen MR) is 52.0 cm³/mol. The van der Waals surface area contributed by atoms with Gasteiger partial charge in [0.2, 0.25) is 10.0 Å². The van der Waals surface area contributed by atoms with Crippen molar-refractivity contribution in [2.45, 2.75) is 38.6 Å². The van der Waals surface area contributed by atoms with Crippen LogP contribution in [0.5, 0.6) is 0 Å². The van der Waals surface area contributed by atoms with Gasteiger partial charge in [0, 0.05) is 10.9 Å². The Morgan fingerprint density at radius 3 is 2.17 bits per heavy atom. The standard InChI is InChI=1S/C7H16ClNO2S/c1-5-12(10,11)9-7(3,4)6(2)8/h6,9H,5H2,1-4H3. The number of hydrogen-bond donors (Lipinski definition) is 1. The van der Waals surface area contributed by atoms with Crippen molar-refractivity contribution in [2.75, 3.05) is 5.75 Å². The summed E-state index contributed by atoms with van der Waals surface area (Å²) in [7, 11) is -3.16. The molecular formula is C7H16ClNO2S. The average molecular weight is 214 g/mol. The van der Waals surface area contributed by atoms with E-state index in [0.717, 1.165) is 0 Å². The first-order chi connectivity index (χ1) is 5.21. The first-order valence-corrected chi connectivity index (χ1v) is 5.96. The summed E-state index contributed by atoms with van der Waals surface area (Å²) < 4.78 is 24.8. The molecular weight excluding hydrogens is 198 g/mol. The topological polar surface area (TPSA) is 46.2 Å². The molecule has 0 amide bonds. The number of rotatable bonds is 4. The third-order valence-electron chi connectivity index (χ3n) is 1.79. The lowest BCUT2D eigenvalue weighted by Gasteiger charge is -2.28. The van der Waals surface area contributed by atoms with Crippen LogP contribution >= 0.6 is 11.6 Å². The zero-order valence-corrected chi connectivity index (χ0v) is 9.46. The van der Waals surface area contributed by atoms with E-state index >= 15 is 0 Å². The van der Waals surface area contributed by atoms with Crippen molar-refractivity contribution in [2.24, 2.45) is 0 Å². The van der Waals surface area contributed by atoms with Gasteiger partial charge in [-0.15, -0.1) is 11.6 Å². The van der Waals surface area contributed by atoms with Crippen LogP contribution in [0.2, 0.25) is 0 Å². The molecule has 0 aromatic rings. The Kier molecular flexibility index (Phi) is 4.00. The smallest absolute Gasteiger partial charge is 0.211 e. The van der Waals surface area contributed by atoms with Crippen LogP contribution in [0.1, 0.15) is 27.7 Å². The molecule has 0 rings (SSSR count). The summed E-state index contributed by atoms with van der Waals surface area (Å²) in [6, 6.07) is 0. The number of halogens is 1.